The third-order valence-corrected chi connectivity index (χ3v) is 4.10. The number of hydrogen-bond donors (Lipinski definition) is 2. The summed E-state index contributed by atoms with van der Waals surface area (Å²) < 4.78 is 5.29. The van der Waals surface area contributed by atoms with Crippen LogP contribution in [0, 0.1) is 0 Å². The molecule has 0 radical (unpaired) electrons. The highest BCUT2D eigenvalue weighted by Gasteiger charge is 2.12. The summed E-state index contributed by atoms with van der Waals surface area (Å²) in [6.07, 6.45) is 0.427. The quantitative estimate of drug-likeness (QED) is 0.797. The molecule has 0 aliphatic heterocycles. The minimum atomic E-state index is 0.0183. The Morgan fingerprint density at radius 2 is 1.72 bits per heavy atom. The maximum absolute atomic E-state index is 12.0. The Bertz CT molecular complexity index is 688. The molecule has 0 saturated carbocycles. The van der Waals surface area contributed by atoms with Gasteiger partial charge in [0.25, 0.3) is 0 Å². The van der Waals surface area contributed by atoms with Crippen LogP contribution >= 0.6 is 0 Å². The molecular formula is C21H28N2O2. The number of rotatable bonds is 7. The van der Waals surface area contributed by atoms with Crippen LogP contribution in [0.15, 0.2) is 48.5 Å². The van der Waals surface area contributed by atoms with Crippen LogP contribution < -0.4 is 15.4 Å². The van der Waals surface area contributed by atoms with E-state index < -0.39 is 0 Å². The van der Waals surface area contributed by atoms with Gasteiger partial charge in [0.1, 0.15) is 5.75 Å². The zero-order chi connectivity index (χ0) is 18.3. The molecule has 25 heavy (non-hydrogen) atoms. The van der Waals surface area contributed by atoms with Crippen LogP contribution in [0.5, 0.6) is 5.75 Å². The molecule has 4 nitrogen and oxygen atoms in total. The van der Waals surface area contributed by atoms with Crippen molar-refractivity contribution in [3.05, 3.63) is 59.7 Å². The average molecular weight is 340 g/mol. The summed E-state index contributed by atoms with van der Waals surface area (Å²) in [6.45, 7) is 7.67. The van der Waals surface area contributed by atoms with Crippen molar-refractivity contribution in [2.75, 3.05) is 19.0 Å². The predicted octanol–water partition coefficient (Wildman–Crippen LogP) is 4.11. The van der Waals surface area contributed by atoms with Crippen molar-refractivity contribution in [1.29, 1.82) is 0 Å². The molecule has 0 atom stereocenters. The monoisotopic (exact) mass is 340 g/mol. The zero-order valence-electron chi connectivity index (χ0n) is 15.6. The molecule has 0 fully saturated rings. The first-order valence-corrected chi connectivity index (χ1v) is 8.63. The first kappa shape index (κ1) is 18.8. The summed E-state index contributed by atoms with van der Waals surface area (Å²) in [7, 11) is 1.63. The Hall–Kier alpha value is -2.49. The highest BCUT2D eigenvalue weighted by atomic mass is 16.5. The molecule has 0 saturated heterocycles. The van der Waals surface area contributed by atoms with E-state index in [0.29, 0.717) is 19.5 Å². The van der Waals surface area contributed by atoms with E-state index in [1.54, 1.807) is 7.11 Å². The van der Waals surface area contributed by atoms with Crippen LogP contribution in [0.4, 0.5) is 5.69 Å². The highest BCUT2D eigenvalue weighted by molar-refractivity contribution is 5.76. The maximum atomic E-state index is 12.0. The topological polar surface area (TPSA) is 50.4 Å². The third-order valence-electron chi connectivity index (χ3n) is 4.10. The van der Waals surface area contributed by atoms with Gasteiger partial charge in [-0.25, -0.2) is 0 Å². The summed E-state index contributed by atoms with van der Waals surface area (Å²) in [4.78, 5) is 12.0. The van der Waals surface area contributed by atoms with Crippen molar-refractivity contribution in [2.24, 2.45) is 0 Å². The maximum Gasteiger partial charge on any atom is 0.222 e. The highest BCUT2D eigenvalue weighted by Crippen LogP contribution is 2.23. The van der Waals surface area contributed by atoms with Crippen LogP contribution in [-0.2, 0) is 16.8 Å². The third kappa shape index (κ3) is 5.82. The minimum absolute atomic E-state index is 0.0183. The van der Waals surface area contributed by atoms with Gasteiger partial charge in [-0.1, -0.05) is 51.1 Å². The number of carbonyl (C=O) groups is 1. The van der Waals surface area contributed by atoms with Crippen molar-refractivity contribution >= 4 is 11.6 Å². The van der Waals surface area contributed by atoms with Crippen molar-refractivity contribution in [3.8, 4) is 5.75 Å². The van der Waals surface area contributed by atoms with Gasteiger partial charge in [0.15, 0.2) is 0 Å². The Kier molecular flexibility index (Phi) is 6.45. The number of amides is 1. The van der Waals surface area contributed by atoms with Gasteiger partial charge in [-0.15, -0.1) is 0 Å². The number of methoxy groups -OCH3 is 1. The molecule has 2 aromatic carbocycles. The molecule has 2 aromatic rings. The largest absolute Gasteiger partial charge is 0.496 e. The minimum Gasteiger partial charge on any atom is -0.496 e. The van der Waals surface area contributed by atoms with Gasteiger partial charge < -0.3 is 15.4 Å². The van der Waals surface area contributed by atoms with Crippen LogP contribution in [0.3, 0.4) is 0 Å². The summed E-state index contributed by atoms with van der Waals surface area (Å²) in [6, 6.07) is 16.1. The van der Waals surface area contributed by atoms with Gasteiger partial charge in [0, 0.05) is 30.8 Å². The first-order chi connectivity index (χ1) is 11.9. The molecule has 2 N–H and O–H groups in total. The number of ether oxygens (including phenoxy) is 1. The number of nitrogens with one attached hydrogen (secondary N) is 2. The fraction of sp³-hybridized carbons (Fsp3) is 0.381. The van der Waals surface area contributed by atoms with E-state index in [1.165, 1.54) is 5.56 Å². The average Bonchev–Trinajstić information content (AvgIpc) is 2.60. The van der Waals surface area contributed by atoms with Crippen LogP contribution in [0.1, 0.15) is 38.3 Å². The smallest absolute Gasteiger partial charge is 0.222 e. The number of para-hydroxylation sites is 1. The van der Waals surface area contributed by atoms with Crippen molar-refractivity contribution in [1.82, 2.24) is 5.32 Å². The Labute approximate surface area is 150 Å². The van der Waals surface area contributed by atoms with E-state index in [1.807, 2.05) is 24.3 Å². The van der Waals surface area contributed by atoms with Crippen LogP contribution in [-0.4, -0.2) is 19.6 Å². The lowest BCUT2D eigenvalue weighted by atomic mass is 9.87. The fourth-order valence-electron chi connectivity index (χ4n) is 2.54. The molecule has 4 heteroatoms. The van der Waals surface area contributed by atoms with Crippen LogP contribution in [0.2, 0.25) is 0 Å². The lowest BCUT2D eigenvalue weighted by Gasteiger charge is -2.19. The molecule has 0 aliphatic carbocycles. The summed E-state index contributed by atoms with van der Waals surface area (Å²) in [5.74, 6) is 0.810. The first-order valence-electron chi connectivity index (χ1n) is 8.63. The second-order valence-electron chi connectivity index (χ2n) is 7.09. The molecule has 0 aromatic heterocycles. The van der Waals surface area contributed by atoms with Gasteiger partial charge in [0.05, 0.1) is 7.11 Å². The fourth-order valence-corrected chi connectivity index (χ4v) is 2.54. The lowest BCUT2D eigenvalue weighted by Crippen LogP contribution is -2.25. The standard InChI is InChI=1S/C21H28N2O2/c1-21(2,3)17-9-11-18(12-10-17)22-14-13-20(24)23-15-16-7-5-6-8-19(16)25-4/h5-12,22H,13-15H2,1-4H3,(H,23,24). The van der Waals surface area contributed by atoms with E-state index in [-0.39, 0.29) is 11.3 Å². The number of benzene rings is 2. The zero-order valence-corrected chi connectivity index (χ0v) is 15.6. The second kappa shape index (κ2) is 8.56. The second-order valence-corrected chi connectivity index (χ2v) is 7.09. The molecule has 2 rings (SSSR count). The number of anilines is 1. The van der Waals surface area contributed by atoms with E-state index in [4.69, 9.17) is 4.74 Å². The van der Waals surface area contributed by atoms with Gasteiger partial charge in [-0.3, -0.25) is 4.79 Å². The lowest BCUT2D eigenvalue weighted by molar-refractivity contribution is -0.121. The van der Waals surface area contributed by atoms with E-state index in [9.17, 15) is 4.79 Å². The molecule has 0 bridgehead atoms. The van der Waals surface area contributed by atoms with Gasteiger partial charge >= 0.3 is 0 Å². The van der Waals surface area contributed by atoms with Gasteiger partial charge in [-0.2, -0.15) is 0 Å². The molecule has 0 aliphatic rings. The molecule has 134 valence electrons. The summed E-state index contributed by atoms with van der Waals surface area (Å²) >= 11 is 0. The molecular weight excluding hydrogens is 312 g/mol. The van der Waals surface area contributed by atoms with Gasteiger partial charge in [0.2, 0.25) is 5.91 Å². The van der Waals surface area contributed by atoms with Gasteiger partial charge in [-0.05, 0) is 29.2 Å². The summed E-state index contributed by atoms with van der Waals surface area (Å²) in [5, 5.41) is 6.22. The normalized spacial score (nSPS) is 11.0. The molecule has 0 unspecified atom stereocenters. The molecule has 0 spiro atoms. The van der Waals surface area contributed by atoms with E-state index in [0.717, 1.165) is 17.0 Å². The number of hydrogen-bond acceptors (Lipinski definition) is 3. The van der Waals surface area contributed by atoms with Crippen molar-refractivity contribution in [2.45, 2.75) is 39.2 Å². The van der Waals surface area contributed by atoms with Crippen molar-refractivity contribution < 1.29 is 9.53 Å². The molecule has 1 amide bonds. The van der Waals surface area contributed by atoms with E-state index >= 15 is 0 Å². The van der Waals surface area contributed by atoms with E-state index in [2.05, 4.69) is 55.7 Å². The van der Waals surface area contributed by atoms with Crippen LogP contribution in [0.25, 0.3) is 0 Å². The summed E-state index contributed by atoms with van der Waals surface area (Å²) in [5.41, 5.74) is 3.46. The Morgan fingerprint density at radius 3 is 2.36 bits per heavy atom. The van der Waals surface area contributed by atoms with Crippen molar-refractivity contribution in [3.63, 3.8) is 0 Å². The SMILES string of the molecule is COc1ccccc1CNC(=O)CCNc1ccc(C(C)(C)C)cc1. The molecule has 0 heterocycles. The predicted molar refractivity (Wildman–Crippen MR) is 103 cm³/mol. The Morgan fingerprint density at radius 1 is 1.04 bits per heavy atom. The number of carbonyl (C=O) groups excluding carboxylic acids is 1. The Balaban J connectivity index is 1.75.